The van der Waals surface area contributed by atoms with Crippen molar-refractivity contribution < 1.29 is 4.79 Å². The van der Waals surface area contributed by atoms with Crippen LogP contribution in [0.1, 0.15) is 18.2 Å². The SMILES string of the molecule is Cc1cc(=O)[nH]c(S[C@@H](C)C(=O)Nc2ccccc2C#N)n1. The van der Waals surface area contributed by atoms with Gasteiger partial charge in [-0.2, -0.15) is 5.26 Å². The average molecular weight is 314 g/mol. The van der Waals surface area contributed by atoms with Gasteiger partial charge in [-0.3, -0.25) is 9.59 Å². The Bertz CT molecular complexity index is 795. The number of hydrogen-bond donors (Lipinski definition) is 2. The van der Waals surface area contributed by atoms with Gasteiger partial charge in [0.25, 0.3) is 5.56 Å². The lowest BCUT2D eigenvalue weighted by Gasteiger charge is -2.12. The molecule has 6 nitrogen and oxygen atoms in total. The number of anilines is 1. The van der Waals surface area contributed by atoms with E-state index in [0.717, 1.165) is 11.8 Å². The predicted octanol–water partition coefficient (Wildman–Crippen LogP) is 2.07. The van der Waals surface area contributed by atoms with Gasteiger partial charge in [0.15, 0.2) is 5.16 Å². The van der Waals surface area contributed by atoms with E-state index in [4.69, 9.17) is 5.26 Å². The summed E-state index contributed by atoms with van der Waals surface area (Å²) < 4.78 is 0. The van der Waals surface area contributed by atoms with E-state index in [0.29, 0.717) is 22.1 Å². The fourth-order valence-electron chi connectivity index (χ4n) is 1.75. The molecule has 1 aromatic carbocycles. The highest BCUT2D eigenvalue weighted by Gasteiger charge is 2.17. The van der Waals surface area contributed by atoms with Crippen LogP contribution >= 0.6 is 11.8 Å². The number of benzene rings is 1. The molecular formula is C15H14N4O2S. The van der Waals surface area contributed by atoms with Crippen LogP contribution in [0.2, 0.25) is 0 Å². The Balaban J connectivity index is 2.09. The maximum Gasteiger partial charge on any atom is 0.251 e. The fourth-order valence-corrected chi connectivity index (χ4v) is 2.61. The summed E-state index contributed by atoms with van der Waals surface area (Å²) in [6, 6.07) is 10.2. The topological polar surface area (TPSA) is 98.6 Å². The van der Waals surface area contributed by atoms with Crippen molar-refractivity contribution in [2.75, 3.05) is 5.32 Å². The maximum atomic E-state index is 12.2. The minimum atomic E-state index is -0.475. The summed E-state index contributed by atoms with van der Waals surface area (Å²) in [4.78, 5) is 30.3. The van der Waals surface area contributed by atoms with Crippen molar-refractivity contribution in [2.45, 2.75) is 24.3 Å². The Morgan fingerprint density at radius 1 is 1.45 bits per heavy atom. The quantitative estimate of drug-likeness (QED) is 0.665. The number of thioether (sulfide) groups is 1. The molecule has 112 valence electrons. The summed E-state index contributed by atoms with van der Waals surface area (Å²) in [5.74, 6) is -0.267. The van der Waals surface area contributed by atoms with Crippen molar-refractivity contribution in [1.29, 1.82) is 5.26 Å². The molecule has 22 heavy (non-hydrogen) atoms. The second-order valence-electron chi connectivity index (χ2n) is 4.60. The second-order valence-corrected chi connectivity index (χ2v) is 5.93. The molecule has 0 aliphatic heterocycles. The van der Waals surface area contributed by atoms with Crippen molar-refractivity contribution in [2.24, 2.45) is 0 Å². The van der Waals surface area contributed by atoms with E-state index in [1.54, 1.807) is 38.1 Å². The molecule has 7 heteroatoms. The molecule has 0 aliphatic carbocycles. The van der Waals surface area contributed by atoms with E-state index in [9.17, 15) is 9.59 Å². The Morgan fingerprint density at radius 2 is 2.18 bits per heavy atom. The maximum absolute atomic E-state index is 12.2. The number of nitrogens with zero attached hydrogens (tertiary/aromatic N) is 2. The number of para-hydroxylation sites is 1. The molecule has 0 aliphatic rings. The molecule has 0 radical (unpaired) electrons. The lowest BCUT2D eigenvalue weighted by atomic mass is 10.2. The summed E-state index contributed by atoms with van der Waals surface area (Å²) in [6.07, 6.45) is 0. The third-order valence-corrected chi connectivity index (χ3v) is 3.80. The third-order valence-electron chi connectivity index (χ3n) is 2.81. The zero-order valence-electron chi connectivity index (χ0n) is 12.1. The van der Waals surface area contributed by atoms with Crippen LogP contribution in [0.3, 0.4) is 0 Å². The second kappa shape index (κ2) is 6.91. The van der Waals surface area contributed by atoms with Crippen molar-refractivity contribution in [1.82, 2.24) is 9.97 Å². The Kier molecular flexibility index (Phi) is 4.96. The Morgan fingerprint density at radius 3 is 2.86 bits per heavy atom. The number of aryl methyl sites for hydroxylation is 1. The van der Waals surface area contributed by atoms with Crippen molar-refractivity contribution in [3.8, 4) is 6.07 Å². The molecule has 1 amide bonds. The summed E-state index contributed by atoms with van der Waals surface area (Å²) >= 11 is 1.15. The molecule has 2 aromatic rings. The largest absolute Gasteiger partial charge is 0.324 e. The highest BCUT2D eigenvalue weighted by atomic mass is 32.2. The van der Waals surface area contributed by atoms with Crippen LogP contribution in [0.4, 0.5) is 5.69 Å². The van der Waals surface area contributed by atoms with Crippen LogP contribution in [-0.4, -0.2) is 21.1 Å². The first kappa shape index (κ1) is 15.8. The van der Waals surface area contributed by atoms with Crippen molar-refractivity contribution >= 4 is 23.4 Å². The molecule has 0 fully saturated rings. The zero-order chi connectivity index (χ0) is 16.1. The van der Waals surface area contributed by atoms with Gasteiger partial charge in [-0.15, -0.1) is 0 Å². The van der Waals surface area contributed by atoms with Crippen LogP contribution in [0.5, 0.6) is 0 Å². The van der Waals surface area contributed by atoms with E-state index in [1.807, 2.05) is 6.07 Å². The summed E-state index contributed by atoms with van der Waals surface area (Å²) in [7, 11) is 0. The highest BCUT2D eigenvalue weighted by Crippen LogP contribution is 2.21. The number of nitrogens with one attached hydrogen (secondary N) is 2. The van der Waals surface area contributed by atoms with Gasteiger partial charge in [0, 0.05) is 11.8 Å². The van der Waals surface area contributed by atoms with Gasteiger partial charge in [0.1, 0.15) is 6.07 Å². The monoisotopic (exact) mass is 314 g/mol. The van der Waals surface area contributed by atoms with Gasteiger partial charge in [-0.25, -0.2) is 4.98 Å². The van der Waals surface area contributed by atoms with Crippen LogP contribution in [-0.2, 0) is 4.79 Å². The van der Waals surface area contributed by atoms with Gasteiger partial charge < -0.3 is 10.3 Å². The van der Waals surface area contributed by atoms with Gasteiger partial charge in [0.2, 0.25) is 5.91 Å². The molecule has 0 saturated heterocycles. The number of hydrogen-bond acceptors (Lipinski definition) is 5. The van der Waals surface area contributed by atoms with Crippen molar-refractivity contribution in [3.63, 3.8) is 0 Å². The molecular weight excluding hydrogens is 300 g/mol. The lowest BCUT2D eigenvalue weighted by Crippen LogP contribution is -2.23. The Labute approximate surface area is 131 Å². The number of carbonyl (C=O) groups is 1. The normalized spacial score (nSPS) is 11.5. The Hall–Kier alpha value is -2.59. The minimum Gasteiger partial charge on any atom is -0.324 e. The minimum absolute atomic E-state index is 0.252. The molecule has 0 saturated carbocycles. The van der Waals surface area contributed by atoms with Crippen LogP contribution < -0.4 is 10.9 Å². The number of amides is 1. The number of aromatic nitrogens is 2. The van der Waals surface area contributed by atoms with Crippen molar-refractivity contribution in [3.05, 3.63) is 51.9 Å². The predicted molar refractivity (Wildman–Crippen MR) is 84.7 cm³/mol. The molecule has 1 heterocycles. The summed E-state index contributed by atoms with van der Waals surface area (Å²) in [6.45, 7) is 3.42. The van der Waals surface area contributed by atoms with Gasteiger partial charge in [-0.1, -0.05) is 23.9 Å². The first-order valence-corrected chi connectivity index (χ1v) is 7.42. The average Bonchev–Trinajstić information content (AvgIpc) is 2.46. The zero-order valence-corrected chi connectivity index (χ0v) is 12.9. The summed E-state index contributed by atoms with van der Waals surface area (Å²) in [5.41, 5.74) is 1.20. The smallest absolute Gasteiger partial charge is 0.251 e. The fraction of sp³-hybridized carbons (Fsp3) is 0.200. The molecule has 0 bridgehead atoms. The molecule has 1 atom stereocenters. The van der Waals surface area contributed by atoms with E-state index >= 15 is 0 Å². The van der Waals surface area contributed by atoms with E-state index in [2.05, 4.69) is 15.3 Å². The number of carbonyl (C=O) groups excluding carboxylic acids is 1. The molecule has 1 aromatic heterocycles. The number of aromatic amines is 1. The lowest BCUT2D eigenvalue weighted by molar-refractivity contribution is -0.115. The molecule has 2 rings (SSSR count). The van der Waals surface area contributed by atoms with Gasteiger partial charge in [-0.05, 0) is 26.0 Å². The van der Waals surface area contributed by atoms with E-state index in [-0.39, 0.29) is 11.5 Å². The highest BCUT2D eigenvalue weighted by molar-refractivity contribution is 8.00. The first-order valence-electron chi connectivity index (χ1n) is 6.54. The number of H-pyrrole nitrogens is 1. The van der Waals surface area contributed by atoms with E-state index < -0.39 is 5.25 Å². The van der Waals surface area contributed by atoms with E-state index in [1.165, 1.54) is 6.07 Å². The van der Waals surface area contributed by atoms with Gasteiger partial charge in [0.05, 0.1) is 16.5 Å². The first-order chi connectivity index (χ1) is 10.5. The molecule has 0 unspecified atom stereocenters. The number of rotatable bonds is 4. The van der Waals surface area contributed by atoms with Crippen LogP contribution in [0, 0.1) is 18.3 Å². The standard InChI is InChI=1S/C15H14N4O2S/c1-9-7-13(20)19-15(17-9)22-10(2)14(21)18-12-6-4-3-5-11(12)8-16/h3-7,10H,1-2H3,(H,18,21)(H,17,19,20)/t10-/m0/s1. The molecule has 0 spiro atoms. The third kappa shape index (κ3) is 3.96. The summed E-state index contributed by atoms with van der Waals surface area (Å²) in [5, 5.41) is 11.6. The van der Waals surface area contributed by atoms with Crippen LogP contribution in [0.15, 0.2) is 40.3 Å². The van der Waals surface area contributed by atoms with Gasteiger partial charge >= 0.3 is 0 Å². The number of nitriles is 1. The molecule has 2 N–H and O–H groups in total. The van der Waals surface area contributed by atoms with Crippen LogP contribution in [0.25, 0.3) is 0 Å².